The first-order valence-corrected chi connectivity index (χ1v) is 14.7. The van der Waals surface area contributed by atoms with Gasteiger partial charge in [0.15, 0.2) is 11.9 Å². The lowest BCUT2D eigenvalue weighted by Gasteiger charge is -2.28. The lowest BCUT2D eigenvalue weighted by atomic mass is 9.76. The molecule has 1 amide bonds. The first-order valence-electron chi connectivity index (χ1n) is 14.7. The number of carbonyl (C=O) groups is 2. The number of halogens is 1. The molecule has 3 aliphatic heterocycles. The van der Waals surface area contributed by atoms with E-state index in [1.807, 2.05) is 0 Å². The van der Waals surface area contributed by atoms with Crippen molar-refractivity contribution in [3.05, 3.63) is 41.2 Å². The number of hydrogen-bond donors (Lipinski definition) is 1. The van der Waals surface area contributed by atoms with Crippen molar-refractivity contribution >= 4 is 23.9 Å². The van der Waals surface area contributed by atoms with E-state index in [-0.39, 0.29) is 36.5 Å². The molecule has 212 valence electrons. The Morgan fingerprint density at radius 3 is 2.77 bits per heavy atom. The first kappa shape index (κ1) is 27.8. The summed E-state index contributed by atoms with van der Waals surface area (Å²) in [4.78, 5) is 29.2. The van der Waals surface area contributed by atoms with E-state index in [0.29, 0.717) is 23.6 Å². The Morgan fingerprint density at radius 2 is 2.03 bits per heavy atom. The number of carbonyl (C=O) groups excluding carboxylic acids is 2. The maximum absolute atomic E-state index is 15.3. The smallest absolute Gasteiger partial charge is 0.330 e. The number of amides is 1. The summed E-state index contributed by atoms with van der Waals surface area (Å²) in [5.41, 5.74) is 1.12. The van der Waals surface area contributed by atoms with Gasteiger partial charge in [0.05, 0.1) is 25.2 Å². The van der Waals surface area contributed by atoms with Gasteiger partial charge in [0, 0.05) is 24.1 Å². The number of esters is 1. The van der Waals surface area contributed by atoms with E-state index in [1.54, 1.807) is 18.2 Å². The van der Waals surface area contributed by atoms with E-state index < -0.39 is 17.9 Å². The third-order valence-corrected chi connectivity index (χ3v) is 8.85. The van der Waals surface area contributed by atoms with Crippen molar-refractivity contribution in [2.75, 3.05) is 20.3 Å². The number of ether oxygens (including phenoxy) is 3. The van der Waals surface area contributed by atoms with Crippen molar-refractivity contribution in [3.63, 3.8) is 0 Å². The van der Waals surface area contributed by atoms with Gasteiger partial charge in [-0.05, 0) is 55.4 Å². The van der Waals surface area contributed by atoms with E-state index in [1.165, 1.54) is 57.8 Å². The highest BCUT2D eigenvalue weighted by Gasteiger charge is 2.48. The largest absolute Gasteiger partial charge is 0.478 e. The monoisotopic (exact) mass is 540 g/mol. The highest BCUT2D eigenvalue weighted by molar-refractivity contribution is 5.92. The van der Waals surface area contributed by atoms with Gasteiger partial charge in [-0.2, -0.15) is 0 Å². The van der Waals surface area contributed by atoms with Gasteiger partial charge in [-0.25, -0.2) is 14.2 Å². The Balaban J connectivity index is 1.26. The predicted octanol–water partition coefficient (Wildman–Crippen LogP) is 5.33. The summed E-state index contributed by atoms with van der Waals surface area (Å²) >= 11 is 0. The van der Waals surface area contributed by atoms with E-state index in [4.69, 9.17) is 14.5 Å². The number of unbranched alkanes of at least 4 members (excludes halogenated alkanes) is 1. The molecule has 7 nitrogen and oxygen atoms in total. The van der Waals surface area contributed by atoms with Gasteiger partial charge in [-0.15, -0.1) is 0 Å². The van der Waals surface area contributed by atoms with Crippen LogP contribution in [0.15, 0.2) is 29.3 Å². The molecule has 1 N–H and O–H groups in total. The summed E-state index contributed by atoms with van der Waals surface area (Å²) in [6, 6.07) is 4.12. The maximum Gasteiger partial charge on any atom is 0.330 e. The Morgan fingerprint density at radius 1 is 1.18 bits per heavy atom. The van der Waals surface area contributed by atoms with Crippen LogP contribution in [0.4, 0.5) is 4.39 Å². The fourth-order valence-electron chi connectivity index (χ4n) is 6.77. The number of methoxy groups -OCH3 is 1. The molecule has 1 aromatic rings. The van der Waals surface area contributed by atoms with Crippen molar-refractivity contribution in [2.45, 2.75) is 94.8 Å². The van der Waals surface area contributed by atoms with Crippen LogP contribution in [0.5, 0.6) is 0 Å². The van der Waals surface area contributed by atoms with Gasteiger partial charge in [0.25, 0.3) is 0 Å². The van der Waals surface area contributed by atoms with Gasteiger partial charge < -0.3 is 19.5 Å². The molecule has 0 aromatic heterocycles. The molecule has 3 heterocycles. The van der Waals surface area contributed by atoms with Crippen molar-refractivity contribution in [3.8, 4) is 0 Å². The molecule has 3 fully saturated rings. The Kier molecular flexibility index (Phi) is 9.32. The van der Waals surface area contributed by atoms with E-state index in [9.17, 15) is 9.59 Å². The van der Waals surface area contributed by atoms with Crippen LogP contribution in [-0.4, -0.2) is 56.3 Å². The maximum atomic E-state index is 15.3. The molecule has 5 rings (SSSR count). The quantitative estimate of drug-likeness (QED) is 0.233. The number of hydrogen-bond acceptors (Lipinski definition) is 6. The van der Waals surface area contributed by atoms with Crippen LogP contribution in [0.3, 0.4) is 0 Å². The molecule has 1 saturated carbocycles. The number of nitrogens with zero attached hydrogens (tertiary/aromatic N) is 1. The average Bonchev–Trinajstić information content (AvgIpc) is 3.72. The molecule has 0 spiro atoms. The fraction of sp³-hybridized carbons (Fsp3) is 0.645. The van der Waals surface area contributed by atoms with E-state index in [0.717, 1.165) is 38.0 Å². The molecule has 4 aliphatic rings. The number of aliphatic imine (C=N–C) groups is 1. The molecule has 1 aromatic carbocycles. The molecule has 0 radical (unpaired) electrons. The molecule has 4 unspecified atom stereocenters. The second-order valence-electron chi connectivity index (χ2n) is 11.5. The van der Waals surface area contributed by atoms with Gasteiger partial charge >= 0.3 is 5.97 Å². The summed E-state index contributed by atoms with van der Waals surface area (Å²) in [6.07, 6.45) is 16.0. The Labute approximate surface area is 230 Å². The van der Waals surface area contributed by atoms with Gasteiger partial charge in [-0.3, -0.25) is 4.79 Å². The molecule has 1 aliphatic carbocycles. The zero-order valence-electron chi connectivity index (χ0n) is 22.9. The number of nitrogens with one attached hydrogen (secondary N) is 1. The summed E-state index contributed by atoms with van der Waals surface area (Å²) < 4.78 is 32.1. The van der Waals surface area contributed by atoms with Crippen molar-refractivity contribution in [1.82, 2.24) is 5.32 Å². The number of fused-ring (bicyclic) bond motifs is 2. The SMILES string of the molecule is COC(=O)C=Cc1ccc(F)c(C(C2=NC(C(=O)NCCCCC3CCCCC3)CO2)[C@H]2CC3CCC2O3)c1. The summed E-state index contributed by atoms with van der Waals surface area (Å²) in [7, 11) is 1.31. The lowest BCUT2D eigenvalue weighted by molar-refractivity contribution is -0.134. The number of benzene rings is 1. The highest BCUT2D eigenvalue weighted by Crippen LogP contribution is 2.47. The van der Waals surface area contributed by atoms with E-state index in [2.05, 4.69) is 10.1 Å². The first-order chi connectivity index (χ1) is 19.0. The van der Waals surface area contributed by atoms with Gasteiger partial charge in [-0.1, -0.05) is 51.0 Å². The second-order valence-corrected chi connectivity index (χ2v) is 11.5. The van der Waals surface area contributed by atoms with Crippen LogP contribution in [0.25, 0.3) is 6.08 Å². The summed E-state index contributed by atoms with van der Waals surface area (Å²) in [6.45, 7) is 0.796. The lowest BCUT2D eigenvalue weighted by Crippen LogP contribution is -2.35. The van der Waals surface area contributed by atoms with Crippen LogP contribution in [0, 0.1) is 17.7 Å². The van der Waals surface area contributed by atoms with Gasteiger partial charge in [0.2, 0.25) is 5.91 Å². The van der Waals surface area contributed by atoms with Crippen molar-refractivity contribution in [1.29, 1.82) is 0 Å². The van der Waals surface area contributed by atoms with Crippen LogP contribution in [0.1, 0.15) is 87.7 Å². The van der Waals surface area contributed by atoms with E-state index >= 15 is 4.39 Å². The Hall–Kier alpha value is -2.74. The van der Waals surface area contributed by atoms with Crippen LogP contribution >= 0.6 is 0 Å². The minimum absolute atomic E-state index is 0.0111. The highest BCUT2D eigenvalue weighted by atomic mass is 19.1. The zero-order valence-corrected chi connectivity index (χ0v) is 22.9. The summed E-state index contributed by atoms with van der Waals surface area (Å²) in [5, 5.41) is 3.03. The average molecular weight is 541 g/mol. The molecular weight excluding hydrogens is 499 g/mol. The normalized spacial score (nSPS) is 27.4. The van der Waals surface area contributed by atoms with Crippen LogP contribution in [-0.2, 0) is 23.8 Å². The minimum Gasteiger partial charge on any atom is -0.478 e. The molecule has 2 saturated heterocycles. The number of rotatable bonds is 11. The molecule has 8 heteroatoms. The standard InChI is InChI=1S/C31H41FN2O5/c1-37-28(35)15-11-21-10-13-25(32)23(17-21)29(24-18-22-12-14-27(24)39-22)31-34-26(19-38-31)30(36)33-16-6-5-9-20-7-3-2-4-8-20/h10-11,13,15,17,20,22,24,26-27,29H,2-9,12,14,16,18-19H2,1H3,(H,33,36)/t22?,24-,26?,27?,29?/m0/s1. The molecule has 39 heavy (non-hydrogen) atoms. The minimum atomic E-state index is -0.634. The molecule has 2 bridgehead atoms. The fourth-order valence-corrected chi connectivity index (χ4v) is 6.77. The predicted molar refractivity (Wildman–Crippen MR) is 147 cm³/mol. The molecule has 5 atom stereocenters. The van der Waals surface area contributed by atoms with Crippen LogP contribution in [0.2, 0.25) is 0 Å². The van der Waals surface area contributed by atoms with Crippen molar-refractivity contribution in [2.24, 2.45) is 16.8 Å². The van der Waals surface area contributed by atoms with Crippen LogP contribution < -0.4 is 5.32 Å². The second kappa shape index (κ2) is 13.1. The third-order valence-electron chi connectivity index (χ3n) is 8.85. The van der Waals surface area contributed by atoms with Gasteiger partial charge in [0.1, 0.15) is 12.4 Å². The third kappa shape index (κ3) is 6.89. The topological polar surface area (TPSA) is 86.2 Å². The Bertz CT molecular complexity index is 1080. The molecular formula is C31H41FN2O5. The van der Waals surface area contributed by atoms with Crippen molar-refractivity contribution < 1.29 is 28.2 Å². The zero-order chi connectivity index (χ0) is 27.2. The summed E-state index contributed by atoms with van der Waals surface area (Å²) in [5.74, 6) is -0.173.